The van der Waals surface area contributed by atoms with Gasteiger partial charge in [0.1, 0.15) is 0 Å². The molecule has 1 atom stereocenters. The Morgan fingerprint density at radius 1 is 1.00 bits per heavy atom. The Balaban J connectivity index is 1.56. The van der Waals surface area contributed by atoms with Crippen molar-refractivity contribution in [3.8, 4) is 0 Å². The van der Waals surface area contributed by atoms with Crippen LogP contribution in [-0.4, -0.2) is 41.4 Å². The number of carbonyl (C=O) groups is 1. The molecule has 0 aliphatic carbocycles. The highest BCUT2D eigenvalue weighted by molar-refractivity contribution is 6.10. The summed E-state index contributed by atoms with van der Waals surface area (Å²) >= 11 is 0. The van der Waals surface area contributed by atoms with Gasteiger partial charge in [0.05, 0.1) is 5.56 Å². The molecule has 4 aliphatic heterocycles. The minimum absolute atomic E-state index is 0.255. The molecule has 3 nitrogen and oxygen atoms in total. The zero-order chi connectivity index (χ0) is 14.7. The van der Waals surface area contributed by atoms with Gasteiger partial charge >= 0.3 is 0 Å². The summed E-state index contributed by atoms with van der Waals surface area (Å²) in [4.78, 5) is 17.8. The number of fused-ring (bicyclic) bond motifs is 6. The van der Waals surface area contributed by atoms with Crippen LogP contribution >= 0.6 is 0 Å². The smallest absolute Gasteiger partial charge is 0.255 e. The topological polar surface area (TPSA) is 23.6 Å². The van der Waals surface area contributed by atoms with E-state index >= 15 is 0 Å². The molecule has 2 aromatic carbocycles. The molecule has 3 saturated heterocycles. The van der Waals surface area contributed by atoms with Crippen molar-refractivity contribution in [3.05, 3.63) is 47.5 Å². The van der Waals surface area contributed by atoms with Crippen LogP contribution in [0.5, 0.6) is 0 Å². The lowest BCUT2D eigenvalue weighted by atomic mass is 9.83. The molecular weight excluding hydrogens is 272 g/mol. The molecule has 0 saturated carbocycles. The Bertz CT molecular complexity index is 761. The molecule has 6 rings (SSSR count). The molecule has 3 heteroatoms. The summed E-state index contributed by atoms with van der Waals surface area (Å²) in [5.41, 5.74) is 2.16. The largest absolute Gasteiger partial charge is 0.330 e. The molecule has 4 heterocycles. The quantitative estimate of drug-likeness (QED) is 0.807. The zero-order valence-electron chi connectivity index (χ0n) is 12.7. The van der Waals surface area contributed by atoms with Crippen LogP contribution < -0.4 is 0 Å². The van der Waals surface area contributed by atoms with Crippen LogP contribution in [0.15, 0.2) is 36.4 Å². The normalized spacial score (nSPS) is 30.1. The fourth-order valence-electron chi connectivity index (χ4n) is 4.65. The summed E-state index contributed by atoms with van der Waals surface area (Å²) in [6.07, 6.45) is 2.51. The molecule has 0 radical (unpaired) electrons. The molecule has 0 N–H and O–H groups in total. The van der Waals surface area contributed by atoms with Crippen LogP contribution in [0.3, 0.4) is 0 Å². The molecule has 4 aliphatic rings. The van der Waals surface area contributed by atoms with Crippen LogP contribution in [0, 0.1) is 5.92 Å². The van der Waals surface area contributed by atoms with E-state index < -0.39 is 0 Å². The second-order valence-electron chi connectivity index (χ2n) is 6.96. The number of benzene rings is 2. The van der Waals surface area contributed by atoms with Gasteiger partial charge in [0.2, 0.25) is 0 Å². The Morgan fingerprint density at radius 3 is 2.59 bits per heavy atom. The van der Waals surface area contributed by atoms with Crippen molar-refractivity contribution in [1.29, 1.82) is 0 Å². The summed E-state index contributed by atoms with van der Waals surface area (Å²) in [6.45, 7) is 4.31. The second-order valence-corrected chi connectivity index (χ2v) is 6.96. The third-order valence-corrected chi connectivity index (χ3v) is 5.85. The Labute approximate surface area is 130 Å². The van der Waals surface area contributed by atoms with Crippen molar-refractivity contribution in [2.24, 2.45) is 5.92 Å². The first-order chi connectivity index (χ1) is 10.8. The van der Waals surface area contributed by atoms with E-state index in [4.69, 9.17) is 0 Å². The highest BCUT2D eigenvalue weighted by Gasteiger charge is 2.42. The predicted molar refractivity (Wildman–Crippen MR) is 86.8 cm³/mol. The van der Waals surface area contributed by atoms with Gasteiger partial charge in [-0.25, -0.2) is 0 Å². The summed E-state index contributed by atoms with van der Waals surface area (Å²) < 4.78 is 0. The number of piperidine rings is 3. The number of hydrogen-bond donors (Lipinski definition) is 0. The van der Waals surface area contributed by atoms with E-state index in [0.29, 0.717) is 12.0 Å². The monoisotopic (exact) mass is 292 g/mol. The second kappa shape index (κ2) is 4.56. The van der Waals surface area contributed by atoms with Crippen molar-refractivity contribution in [2.45, 2.75) is 25.4 Å². The van der Waals surface area contributed by atoms with Gasteiger partial charge in [0, 0.05) is 19.1 Å². The van der Waals surface area contributed by atoms with Crippen LogP contribution in [0.1, 0.15) is 28.8 Å². The molecule has 2 bridgehead atoms. The number of nitrogens with zero attached hydrogens (tertiary/aromatic N) is 2. The Kier molecular flexibility index (Phi) is 2.62. The van der Waals surface area contributed by atoms with E-state index in [1.807, 2.05) is 12.1 Å². The number of amides is 1. The van der Waals surface area contributed by atoms with Crippen molar-refractivity contribution in [1.82, 2.24) is 9.80 Å². The van der Waals surface area contributed by atoms with E-state index in [1.165, 1.54) is 36.9 Å². The van der Waals surface area contributed by atoms with Crippen LogP contribution in [0.25, 0.3) is 10.8 Å². The third-order valence-electron chi connectivity index (χ3n) is 5.85. The molecule has 0 aromatic heterocycles. The number of carbonyl (C=O) groups excluding carboxylic acids is 1. The number of rotatable bonds is 1. The summed E-state index contributed by atoms with van der Waals surface area (Å²) in [6, 6.07) is 13.0. The van der Waals surface area contributed by atoms with Gasteiger partial charge < -0.3 is 9.80 Å². The fraction of sp³-hybridized carbons (Fsp3) is 0.421. The lowest BCUT2D eigenvalue weighted by molar-refractivity contribution is 0.00851. The minimum atomic E-state index is 0.255. The van der Waals surface area contributed by atoms with Gasteiger partial charge in [-0.1, -0.05) is 36.4 Å². The van der Waals surface area contributed by atoms with Gasteiger partial charge in [-0.05, 0) is 48.2 Å². The first-order valence-electron chi connectivity index (χ1n) is 8.35. The molecule has 0 unspecified atom stereocenters. The maximum atomic E-state index is 13.1. The SMILES string of the molecule is O=C1c2c(ccc3ccccc23)CN1[C@H]1CN2CCC1CC2. The van der Waals surface area contributed by atoms with Crippen LogP contribution in [0.4, 0.5) is 0 Å². The van der Waals surface area contributed by atoms with E-state index in [2.05, 4.69) is 34.1 Å². The fourth-order valence-corrected chi connectivity index (χ4v) is 4.65. The van der Waals surface area contributed by atoms with E-state index in [-0.39, 0.29) is 5.91 Å². The lowest BCUT2D eigenvalue weighted by Crippen LogP contribution is -2.57. The molecule has 112 valence electrons. The molecular formula is C19H20N2O. The average Bonchev–Trinajstić information content (AvgIpc) is 2.93. The van der Waals surface area contributed by atoms with Gasteiger partial charge in [0.15, 0.2) is 0 Å². The van der Waals surface area contributed by atoms with Crippen LogP contribution in [0.2, 0.25) is 0 Å². The van der Waals surface area contributed by atoms with Gasteiger partial charge in [-0.2, -0.15) is 0 Å². The van der Waals surface area contributed by atoms with Gasteiger partial charge in [0.25, 0.3) is 5.91 Å². The molecule has 22 heavy (non-hydrogen) atoms. The third kappa shape index (κ3) is 1.69. The first-order valence-corrected chi connectivity index (χ1v) is 8.35. The highest BCUT2D eigenvalue weighted by Crippen LogP contribution is 2.37. The average molecular weight is 292 g/mol. The van der Waals surface area contributed by atoms with Crippen molar-refractivity contribution >= 4 is 16.7 Å². The Hall–Kier alpha value is -1.87. The van der Waals surface area contributed by atoms with E-state index in [1.54, 1.807) is 0 Å². The number of hydrogen-bond acceptors (Lipinski definition) is 2. The van der Waals surface area contributed by atoms with Gasteiger partial charge in [-0.3, -0.25) is 4.79 Å². The summed E-state index contributed by atoms with van der Waals surface area (Å²) in [7, 11) is 0. The molecule has 1 amide bonds. The van der Waals surface area contributed by atoms with E-state index in [0.717, 1.165) is 24.0 Å². The standard InChI is InChI=1S/C19H20N2O/c22-19-18-15(6-5-13-3-1-2-4-16(13)18)11-21(19)17-12-20-9-7-14(17)8-10-20/h1-6,14,17H,7-12H2/t17-/m0/s1. The summed E-state index contributed by atoms with van der Waals surface area (Å²) in [5, 5.41) is 2.29. The van der Waals surface area contributed by atoms with Gasteiger partial charge in [-0.15, -0.1) is 0 Å². The Morgan fingerprint density at radius 2 is 1.82 bits per heavy atom. The maximum Gasteiger partial charge on any atom is 0.255 e. The van der Waals surface area contributed by atoms with Crippen LogP contribution in [-0.2, 0) is 6.54 Å². The zero-order valence-corrected chi connectivity index (χ0v) is 12.7. The highest BCUT2D eigenvalue weighted by atomic mass is 16.2. The minimum Gasteiger partial charge on any atom is -0.330 e. The van der Waals surface area contributed by atoms with E-state index in [9.17, 15) is 4.79 Å². The molecule has 3 fully saturated rings. The molecule has 0 spiro atoms. The maximum absolute atomic E-state index is 13.1. The van der Waals surface area contributed by atoms with Crippen molar-refractivity contribution in [3.63, 3.8) is 0 Å². The lowest BCUT2D eigenvalue weighted by Gasteiger charge is -2.48. The van der Waals surface area contributed by atoms with Crippen molar-refractivity contribution in [2.75, 3.05) is 19.6 Å². The predicted octanol–water partition coefficient (Wildman–Crippen LogP) is 2.89. The van der Waals surface area contributed by atoms with Crippen molar-refractivity contribution < 1.29 is 4.79 Å². The summed E-state index contributed by atoms with van der Waals surface area (Å²) in [5.74, 6) is 0.958. The molecule has 2 aromatic rings. The first kappa shape index (κ1) is 12.7.